The van der Waals surface area contributed by atoms with E-state index in [0.29, 0.717) is 16.3 Å². The Labute approximate surface area is 115 Å². The molecule has 0 saturated heterocycles. The van der Waals surface area contributed by atoms with Gasteiger partial charge in [-0.1, -0.05) is 12.1 Å². The second kappa shape index (κ2) is 6.33. The zero-order chi connectivity index (χ0) is 13.7. The molecule has 2 rings (SSSR count). The predicted molar refractivity (Wildman–Crippen MR) is 76.6 cm³/mol. The van der Waals surface area contributed by atoms with Gasteiger partial charge in [-0.2, -0.15) is 0 Å². The topological polar surface area (TPSA) is 65.2 Å². The number of aromatic nitrogens is 1. The molecular weight excluding hydrogens is 260 g/mol. The van der Waals surface area contributed by atoms with Crippen molar-refractivity contribution in [1.82, 2.24) is 4.98 Å². The van der Waals surface area contributed by atoms with Gasteiger partial charge in [-0.15, -0.1) is 0 Å². The molecule has 0 aliphatic carbocycles. The maximum Gasteiger partial charge on any atom is 0.118 e. The molecule has 1 atom stereocenters. The number of benzene rings is 1. The van der Waals surface area contributed by atoms with Crippen LogP contribution in [0.15, 0.2) is 47.6 Å². The van der Waals surface area contributed by atoms with E-state index in [1.54, 1.807) is 19.4 Å². The van der Waals surface area contributed by atoms with Crippen molar-refractivity contribution < 1.29 is 8.95 Å². The van der Waals surface area contributed by atoms with Crippen LogP contribution in [0.1, 0.15) is 5.56 Å². The molecule has 19 heavy (non-hydrogen) atoms. The van der Waals surface area contributed by atoms with Gasteiger partial charge in [0.05, 0.1) is 34.7 Å². The lowest BCUT2D eigenvalue weighted by Crippen LogP contribution is -2.04. The molecule has 2 N–H and O–H groups in total. The average Bonchev–Trinajstić information content (AvgIpc) is 2.46. The van der Waals surface area contributed by atoms with Crippen LogP contribution < -0.4 is 10.5 Å². The van der Waals surface area contributed by atoms with Gasteiger partial charge in [0.2, 0.25) is 0 Å². The molecule has 0 bridgehead atoms. The summed E-state index contributed by atoms with van der Waals surface area (Å²) >= 11 is 0. The summed E-state index contributed by atoms with van der Waals surface area (Å²) < 4.78 is 17.2. The SMILES string of the molecule is COc1ccc(CCS(=O)c2ccncc2N)cc1. The van der Waals surface area contributed by atoms with Crippen molar-refractivity contribution in [2.24, 2.45) is 0 Å². The number of pyridine rings is 1. The van der Waals surface area contributed by atoms with Crippen molar-refractivity contribution in [2.75, 3.05) is 18.6 Å². The minimum absolute atomic E-state index is 0.482. The van der Waals surface area contributed by atoms with Crippen LogP contribution in [0.25, 0.3) is 0 Å². The van der Waals surface area contributed by atoms with Crippen LogP contribution in [-0.4, -0.2) is 22.1 Å². The zero-order valence-electron chi connectivity index (χ0n) is 10.7. The summed E-state index contributed by atoms with van der Waals surface area (Å²) in [6, 6.07) is 9.47. The number of ether oxygens (including phenoxy) is 1. The zero-order valence-corrected chi connectivity index (χ0v) is 11.5. The Hall–Kier alpha value is -1.88. The third-order valence-electron chi connectivity index (χ3n) is 2.79. The fourth-order valence-corrected chi connectivity index (χ4v) is 2.88. The quantitative estimate of drug-likeness (QED) is 0.907. The first-order valence-electron chi connectivity index (χ1n) is 5.91. The number of anilines is 1. The van der Waals surface area contributed by atoms with Crippen molar-refractivity contribution in [2.45, 2.75) is 11.3 Å². The van der Waals surface area contributed by atoms with Crippen molar-refractivity contribution in [3.63, 3.8) is 0 Å². The van der Waals surface area contributed by atoms with Crippen molar-refractivity contribution in [1.29, 1.82) is 0 Å². The van der Waals surface area contributed by atoms with Crippen LogP contribution in [0.5, 0.6) is 5.75 Å². The molecule has 0 radical (unpaired) electrons. The van der Waals surface area contributed by atoms with Crippen LogP contribution in [0.4, 0.5) is 5.69 Å². The van der Waals surface area contributed by atoms with E-state index < -0.39 is 10.8 Å². The maximum absolute atomic E-state index is 12.1. The monoisotopic (exact) mass is 276 g/mol. The summed E-state index contributed by atoms with van der Waals surface area (Å²) in [5.74, 6) is 1.36. The molecule has 0 fully saturated rings. The van der Waals surface area contributed by atoms with E-state index in [1.165, 1.54) is 6.20 Å². The lowest BCUT2D eigenvalue weighted by atomic mass is 10.2. The van der Waals surface area contributed by atoms with Gasteiger partial charge in [0.15, 0.2) is 0 Å². The molecule has 1 unspecified atom stereocenters. The Morgan fingerprint density at radius 1 is 1.26 bits per heavy atom. The molecule has 5 heteroatoms. The van der Waals surface area contributed by atoms with Gasteiger partial charge in [0, 0.05) is 11.9 Å². The Balaban J connectivity index is 1.98. The van der Waals surface area contributed by atoms with E-state index in [2.05, 4.69) is 4.98 Å². The molecule has 0 saturated carbocycles. The fourth-order valence-electron chi connectivity index (χ4n) is 1.71. The van der Waals surface area contributed by atoms with E-state index >= 15 is 0 Å². The number of aryl methyl sites for hydroxylation is 1. The highest BCUT2D eigenvalue weighted by Crippen LogP contribution is 2.16. The molecular formula is C14H16N2O2S. The molecule has 0 aliphatic rings. The lowest BCUT2D eigenvalue weighted by Gasteiger charge is -2.06. The second-order valence-electron chi connectivity index (χ2n) is 4.06. The summed E-state index contributed by atoms with van der Waals surface area (Å²) in [5, 5.41) is 0. The van der Waals surface area contributed by atoms with Gasteiger partial charge >= 0.3 is 0 Å². The summed E-state index contributed by atoms with van der Waals surface area (Å²) in [5.41, 5.74) is 7.36. The van der Waals surface area contributed by atoms with Crippen LogP contribution in [0, 0.1) is 0 Å². The van der Waals surface area contributed by atoms with E-state index in [1.807, 2.05) is 24.3 Å². The van der Waals surface area contributed by atoms with Crippen molar-refractivity contribution in [3.05, 3.63) is 48.3 Å². The van der Waals surface area contributed by atoms with E-state index in [4.69, 9.17) is 10.5 Å². The summed E-state index contributed by atoms with van der Waals surface area (Å²) in [6.07, 6.45) is 3.87. The number of methoxy groups -OCH3 is 1. The first-order valence-corrected chi connectivity index (χ1v) is 7.23. The maximum atomic E-state index is 12.1. The molecule has 2 aromatic rings. The summed E-state index contributed by atoms with van der Waals surface area (Å²) in [6.45, 7) is 0. The van der Waals surface area contributed by atoms with Gasteiger partial charge in [-0.3, -0.25) is 9.19 Å². The van der Waals surface area contributed by atoms with Crippen LogP contribution in [0.2, 0.25) is 0 Å². The molecule has 0 aliphatic heterocycles. The largest absolute Gasteiger partial charge is 0.497 e. The number of hydrogen-bond donors (Lipinski definition) is 1. The van der Waals surface area contributed by atoms with Crippen LogP contribution in [0.3, 0.4) is 0 Å². The molecule has 0 amide bonds. The highest BCUT2D eigenvalue weighted by atomic mass is 32.2. The average molecular weight is 276 g/mol. The molecule has 1 aromatic heterocycles. The Morgan fingerprint density at radius 3 is 2.63 bits per heavy atom. The highest BCUT2D eigenvalue weighted by Gasteiger charge is 2.07. The van der Waals surface area contributed by atoms with Gasteiger partial charge in [-0.25, -0.2) is 0 Å². The first kappa shape index (κ1) is 13.5. The summed E-state index contributed by atoms with van der Waals surface area (Å²) in [4.78, 5) is 4.55. The number of nitrogens with two attached hydrogens (primary N) is 1. The highest BCUT2D eigenvalue weighted by molar-refractivity contribution is 7.85. The standard InChI is InChI=1S/C14H16N2O2S/c1-18-12-4-2-11(3-5-12)7-9-19(17)14-6-8-16-10-13(14)15/h2-6,8,10H,7,9,15H2,1H3. The molecule has 4 nitrogen and oxygen atoms in total. The molecule has 1 heterocycles. The van der Waals surface area contributed by atoms with Crippen LogP contribution >= 0.6 is 0 Å². The first-order chi connectivity index (χ1) is 9.20. The molecule has 100 valence electrons. The van der Waals surface area contributed by atoms with E-state index in [9.17, 15) is 4.21 Å². The smallest absolute Gasteiger partial charge is 0.118 e. The number of hydrogen-bond acceptors (Lipinski definition) is 4. The lowest BCUT2D eigenvalue weighted by molar-refractivity contribution is 0.414. The van der Waals surface area contributed by atoms with Crippen molar-refractivity contribution in [3.8, 4) is 5.75 Å². The van der Waals surface area contributed by atoms with Crippen molar-refractivity contribution >= 4 is 16.5 Å². The number of nitrogen functional groups attached to an aromatic ring is 1. The number of rotatable bonds is 5. The third kappa shape index (κ3) is 3.54. The van der Waals surface area contributed by atoms with E-state index in [0.717, 1.165) is 17.7 Å². The molecule has 1 aromatic carbocycles. The van der Waals surface area contributed by atoms with E-state index in [-0.39, 0.29) is 0 Å². The third-order valence-corrected chi connectivity index (χ3v) is 4.23. The van der Waals surface area contributed by atoms with Crippen LogP contribution in [-0.2, 0) is 17.2 Å². The van der Waals surface area contributed by atoms with Gasteiger partial charge in [0.25, 0.3) is 0 Å². The minimum Gasteiger partial charge on any atom is -0.497 e. The Morgan fingerprint density at radius 2 is 2.00 bits per heavy atom. The normalized spacial score (nSPS) is 12.1. The minimum atomic E-state index is -1.10. The van der Waals surface area contributed by atoms with Gasteiger partial charge in [0.1, 0.15) is 5.75 Å². The predicted octanol–water partition coefficient (Wildman–Crippen LogP) is 2.02. The Bertz CT molecular complexity index is 570. The Kier molecular flexibility index (Phi) is 4.52. The fraction of sp³-hybridized carbons (Fsp3) is 0.214. The summed E-state index contributed by atoms with van der Waals surface area (Å²) in [7, 11) is 0.536. The second-order valence-corrected chi connectivity index (χ2v) is 5.60. The molecule has 0 spiro atoms. The van der Waals surface area contributed by atoms with Gasteiger partial charge in [-0.05, 0) is 30.2 Å². The number of nitrogens with zero attached hydrogens (tertiary/aromatic N) is 1. The van der Waals surface area contributed by atoms with Gasteiger partial charge < -0.3 is 10.5 Å².